The van der Waals surface area contributed by atoms with E-state index in [2.05, 4.69) is 65.9 Å². The predicted octanol–water partition coefficient (Wildman–Crippen LogP) is 4.28. The first-order valence-corrected chi connectivity index (χ1v) is 8.62. The fourth-order valence-corrected chi connectivity index (χ4v) is 3.38. The fourth-order valence-electron chi connectivity index (χ4n) is 3.38. The lowest BCUT2D eigenvalue weighted by Crippen LogP contribution is -2.27. The molecule has 1 unspecified atom stereocenters. The van der Waals surface area contributed by atoms with Crippen LogP contribution in [0.2, 0.25) is 0 Å². The van der Waals surface area contributed by atoms with Crippen molar-refractivity contribution in [3.63, 3.8) is 0 Å². The maximum Gasteiger partial charge on any atom is 0.221 e. The monoisotopic (exact) mass is 318 g/mol. The number of aromatic amines is 1. The van der Waals surface area contributed by atoms with E-state index in [9.17, 15) is 4.79 Å². The molecule has 1 amide bonds. The third kappa shape index (κ3) is 3.07. The summed E-state index contributed by atoms with van der Waals surface area (Å²) < 4.78 is 0. The molecule has 2 aromatic carbocycles. The van der Waals surface area contributed by atoms with Crippen LogP contribution in [0, 0.1) is 6.92 Å². The number of carbonyl (C=O) groups is 1. The van der Waals surface area contributed by atoms with Crippen LogP contribution < -0.4 is 5.32 Å². The van der Waals surface area contributed by atoms with Gasteiger partial charge in [-0.05, 0) is 37.0 Å². The van der Waals surface area contributed by atoms with E-state index in [1.807, 2.05) is 6.07 Å². The van der Waals surface area contributed by atoms with Crippen molar-refractivity contribution in [2.45, 2.75) is 38.1 Å². The van der Waals surface area contributed by atoms with E-state index in [1.54, 1.807) is 0 Å². The van der Waals surface area contributed by atoms with Crippen molar-refractivity contribution in [2.24, 2.45) is 0 Å². The van der Waals surface area contributed by atoms with Crippen LogP contribution in [0.3, 0.4) is 0 Å². The summed E-state index contributed by atoms with van der Waals surface area (Å²) in [6.07, 6.45) is 4.78. The first-order chi connectivity index (χ1) is 11.7. The number of aromatic nitrogens is 1. The number of fused-ring (bicyclic) bond motifs is 1. The quantitative estimate of drug-likeness (QED) is 0.725. The zero-order chi connectivity index (χ0) is 16.5. The van der Waals surface area contributed by atoms with Crippen LogP contribution in [0.1, 0.15) is 41.9 Å². The number of hydrogen-bond acceptors (Lipinski definition) is 1. The summed E-state index contributed by atoms with van der Waals surface area (Å²) in [7, 11) is 0. The summed E-state index contributed by atoms with van der Waals surface area (Å²) in [5, 5.41) is 4.33. The molecule has 0 spiro atoms. The van der Waals surface area contributed by atoms with Crippen molar-refractivity contribution in [1.29, 1.82) is 0 Å². The van der Waals surface area contributed by atoms with Gasteiger partial charge in [-0.25, -0.2) is 0 Å². The highest BCUT2D eigenvalue weighted by atomic mass is 16.1. The summed E-state index contributed by atoms with van der Waals surface area (Å²) in [6.45, 7) is 2.10. The minimum Gasteiger partial charge on any atom is -0.361 e. The molecule has 1 atom stereocenters. The Balaban J connectivity index is 1.72. The number of H-pyrrole nitrogens is 1. The van der Waals surface area contributed by atoms with Gasteiger partial charge in [-0.2, -0.15) is 0 Å². The lowest BCUT2D eigenvalue weighted by atomic mass is 9.87. The minimum atomic E-state index is 0.0693. The molecule has 4 rings (SSSR count). The fraction of sp³-hybridized carbons (Fsp3) is 0.286. The maximum absolute atomic E-state index is 12.5. The molecule has 1 heterocycles. The van der Waals surface area contributed by atoms with Gasteiger partial charge in [0.05, 0.1) is 0 Å². The van der Waals surface area contributed by atoms with Gasteiger partial charge in [0.25, 0.3) is 0 Å². The van der Waals surface area contributed by atoms with Crippen LogP contribution >= 0.6 is 0 Å². The molecule has 1 fully saturated rings. The Morgan fingerprint density at radius 3 is 2.83 bits per heavy atom. The Hall–Kier alpha value is -2.55. The van der Waals surface area contributed by atoms with Gasteiger partial charge in [-0.3, -0.25) is 4.79 Å². The molecule has 0 radical (unpaired) electrons. The molecule has 0 saturated heterocycles. The normalized spacial score (nSPS) is 15.4. The van der Waals surface area contributed by atoms with Crippen LogP contribution in [-0.4, -0.2) is 16.9 Å². The molecule has 1 aromatic heterocycles. The predicted molar refractivity (Wildman–Crippen MR) is 97.1 cm³/mol. The second kappa shape index (κ2) is 6.16. The highest BCUT2D eigenvalue weighted by Crippen LogP contribution is 2.34. The molecule has 2 N–H and O–H groups in total. The van der Waals surface area contributed by atoms with E-state index in [0.29, 0.717) is 12.5 Å². The van der Waals surface area contributed by atoms with Crippen molar-refractivity contribution in [2.75, 3.05) is 0 Å². The Morgan fingerprint density at radius 2 is 2.04 bits per heavy atom. The summed E-state index contributed by atoms with van der Waals surface area (Å²) in [4.78, 5) is 15.8. The Labute approximate surface area is 142 Å². The van der Waals surface area contributed by atoms with Crippen molar-refractivity contribution in [1.82, 2.24) is 10.3 Å². The summed E-state index contributed by atoms with van der Waals surface area (Å²) in [6, 6.07) is 17.2. The number of aryl methyl sites for hydroxylation is 1. The number of nitrogens with one attached hydrogen (secondary N) is 2. The smallest absolute Gasteiger partial charge is 0.221 e. The first kappa shape index (κ1) is 15.0. The molecule has 0 bridgehead atoms. The highest BCUT2D eigenvalue weighted by Gasteiger charge is 2.26. The van der Waals surface area contributed by atoms with Crippen LogP contribution in [0.5, 0.6) is 0 Å². The Morgan fingerprint density at radius 1 is 1.21 bits per heavy atom. The Kier molecular flexibility index (Phi) is 3.85. The van der Waals surface area contributed by atoms with Gasteiger partial charge < -0.3 is 10.3 Å². The second-order valence-electron chi connectivity index (χ2n) is 6.80. The zero-order valence-corrected chi connectivity index (χ0v) is 13.9. The molecule has 122 valence electrons. The van der Waals surface area contributed by atoms with E-state index in [-0.39, 0.29) is 11.8 Å². The molecule has 3 heteroatoms. The van der Waals surface area contributed by atoms with Crippen molar-refractivity contribution in [3.05, 3.63) is 71.4 Å². The molecular formula is C21H22N2O. The molecule has 3 aromatic rings. The topological polar surface area (TPSA) is 44.9 Å². The molecule has 3 nitrogen and oxygen atoms in total. The van der Waals surface area contributed by atoms with Crippen LogP contribution in [-0.2, 0) is 4.79 Å². The van der Waals surface area contributed by atoms with E-state index in [4.69, 9.17) is 0 Å². The number of hydrogen-bond donors (Lipinski definition) is 2. The van der Waals surface area contributed by atoms with Gasteiger partial charge in [-0.1, -0.05) is 48.0 Å². The third-order valence-electron chi connectivity index (χ3n) is 4.77. The van der Waals surface area contributed by atoms with E-state index >= 15 is 0 Å². The highest BCUT2D eigenvalue weighted by molar-refractivity contribution is 5.86. The van der Waals surface area contributed by atoms with Crippen LogP contribution in [0.15, 0.2) is 54.7 Å². The van der Waals surface area contributed by atoms with Crippen LogP contribution in [0.25, 0.3) is 10.9 Å². The number of carbonyl (C=O) groups excluding carboxylic acids is 1. The zero-order valence-electron chi connectivity index (χ0n) is 13.9. The van der Waals surface area contributed by atoms with Gasteiger partial charge in [0.2, 0.25) is 5.91 Å². The van der Waals surface area contributed by atoms with E-state index in [0.717, 1.165) is 18.4 Å². The largest absolute Gasteiger partial charge is 0.361 e. The lowest BCUT2D eigenvalue weighted by molar-refractivity contribution is -0.121. The summed E-state index contributed by atoms with van der Waals surface area (Å²) >= 11 is 0. The van der Waals surface area contributed by atoms with Gasteiger partial charge in [0.15, 0.2) is 0 Å². The SMILES string of the molecule is Cc1cccc(C(CC(=O)NC2CC2)c2c[nH]c3ccccc23)c1. The van der Waals surface area contributed by atoms with Crippen LogP contribution in [0.4, 0.5) is 0 Å². The number of benzene rings is 2. The van der Waals surface area contributed by atoms with Gasteiger partial charge in [-0.15, -0.1) is 0 Å². The van der Waals surface area contributed by atoms with Gasteiger partial charge in [0.1, 0.15) is 0 Å². The summed E-state index contributed by atoms with van der Waals surface area (Å²) in [5.74, 6) is 0.217. The number of para-hydroxylation sites is 1. The van der Waals surface area contributed by atoms with Crippen molar-refractivity contribution in [3.8, 4) is 0 Å². The lowest BCUT2D eigenvalue weighted by Gasteiger charge is -2.18. The first-order valence-electron chi connectivity index (χ1n) is 8.62. The van der Waals surface area contributed by atoms with Crippen molar-refractivity contribution >= 4 is 16.8 Å². The molecule has 1 saturated carbocycles. The molecule has 1 aliphatic carbocycles. The average molecular weight is 318 g/mol. The summed E-state index contributed by atoms with van der Waals surface area (Å²) in [5.41, 5.74) is 4.74. The molecule has 0 aliphatic heterocycles. The van der Waals surface area contributed by atoms with Gasteiger partial charge >= 0.3 is 0 Å². The van der Waals surface area contributed by atoms with Gasteiger partial charge in [0, 0.05) is 35.5 Å². The third-order valence-corrected chi connectivity index (χ3v) is 4.77. The average Bonchev–Trinajstić information content (AvgIpc) is 3.29. The minimum absolute atomic E-state index is 0.0693. The number of amides is 1. The second-order valence-corrected chi connectivity index (χ2v) is 6.80. The molecular weight excluding hydrogens is 296 g/mol. The van der Waals surface area contributed by atoms with Crippen molar-refractivity contribution < 1.29 is 4.79 Å². The molecule has 24 heavy (non-hydrogen) atoms. The Bertz CT molecular complexity index is 876. The number of rotatable bonds is 5. The van der Waals surface area contributed by atoms with E-state index < -0.39 is 0 Å². The van der Waals surface area contributed by atoms with E-state index in [1.165, 1.54) is 22.1 Å². The molecule has 1 aliphatic rings. The standard InChI is InChI=1S/C21H22N2O/c1-14-5-4-6-15(11-14)18(12-21(24)23-16-9-10-16)19-13-22-20-8-3-2-7-17(19)20/h2-8,11,13,16,18,22H,9-10,12H2,1H3,(H,23,24). The maximum atomic E-state index is 12.5.